The van der Waals surface area contributed by atoms with Crippen LogP contribution in [0.2, 0.25) is 10.0 Å². The van der Waals surface area contributed by atoms with Crippen LogP contribution in [0, 0.1) is 38.0 Å². The highest BCUT2D eigenvalue weighted by molar-refractivity contribution is 8.03. The lowest BCUT2D eigenvalue weighted by atomic mass is 9.78. The maximum Gasteiger partial charge on any atom is 0.319 e. The number of carbonyl (C=O) groups is 3. The van der Waals surface area contributed by atoms with Crippen molar-refractivity contribution in [3.8, 4) is 11.8 Å². The first-order chi connectivity index (χ1) is 18.0. The highest BCUT2D eigenvalue weighted by Gasteiger charge is 2.44. The lowest BCUT2D eigenvalue weighted by Crippen LogP contribution is -2.44. The number of thioether (sulfide) groups is 1. The zero-order chi connectivity index (χ0) is 28.1. The molecule has 0 saturated carbocycles. The van der Waals surface area contributed by atoms with Gasteiger partial charge in [0.05, 0.1) is 46.2 Å². The summed E-state index contributed by atoms with van der Waals surface area (Å²) in [6.45, 7) is 7.89. The molecule has 2 amide bonds. The molecule has 1 aliphatic rings. The number of hydrogen-bond acceptors (Lipinski definition) is 7. The molecule has 200 valence electrons. The molecule has 1 heterocycles. The molecule has 0 aliphatic carbocycles. The van der Waals surface area contributed by atoms with Gasteiger partial charge in [-0.05, 0) is 56.5 Å². The average molecular weight is 577 g/mol. The van der Waals surface area contributed by atoms with Crippen LogP contribution >= 0.6 is 35.0 Å². The molecule has 0 aromatic heterocycles. The molecule has 0 spiro atoms. The van der Waals surface area contributed by atoms with Gasteiger partial charge in [0.15, 0.2) is 5.75 Å². The predicted octanol–water partition coefficient (Wildman–Crippen LogP) is 5.43. The number of ether oxygens (including phenoxy) is 2. The Kier molecular flexibility index (Phi) is 9.71. The number of aryl methyl sites for hydroxylation is 3. The van der Waals surface area contributed by atoms with E-state index in [0.29, 0.717) is 17.9 Å². The van der Waals surface area contributed by atoms with E-state index in [2.05, 4.69) is 16.7 Å². The van der Waals surface area contributed by atoms with Gasteiger partial charge in [-0.1, -0.05) is 52.7 Å². The van der Waals surface area contributed by atoms with Crippen LogP contribution in [0.15, 0.2) is 34.9 Å². The summed E-state index contributed by atoms with van der Waals surface area (Å²) in [5.41, 5.74) is 4.09. The van der Waals surface area contributed by atoms with Gasteiger partial charge in [0.2, 0.25) is 11.8 Å². The minimum atomic E-state index is -1.37. The second-order valence-corrected chi connectivity index (χ2v) is 10.5. The molecule has 2 aromatic rings. The summed E-state index contributed by atoms with van der Waals surface area (Å²) in [7, 11) is 1.16. The van der Waals surface area contributed by atoms with Crippen LogP contribution in [0.3, 0.4) is 0 Å². The maximum absolute atomic E-state index is 13.1. The van der Waals surface area contributed by atoms with Crippen molar-refractivity contribution in [1.82, 2.24) is 5.32 Å². The SMILES string of the molecule is CCOc1c(Cl)cc([C@@H]2C(C#N)=C(SCC(=O)Nc3c(C)cc(C)cc3C)NC(=O)[C@H]2C(=O)OC)cc1Cl. The average Bonchev–Trinajstić information content (AvgIpc) is 2.86. The highest BCUT2D eigenvalue weighted by Crippen LogP contribution is 2.44. The summed E-state index contributed by atoms with van der Waals surface area (Å²) in [5.74, 6) is -4.06. The lowest BCUT2D eigenvalue weighted by Gasteiger charge is -2.31. The number of esters is 1. The smallest absolute Gasteiger partial charge is 0.319 e. The molecule has 0 unspecified atom stereocenters. The van der Waals surface area contributed by atoms with Gasteiger partial charge in [-0.2, -0.15) is 5.26 Å². The first-order valence-corrected chi connectivity index (χ1v) is 13.4. The maximum atomic E-state index is 13.1. The predicted molar refractivity (Wildman–Crippen MR) is 148 cm³/mol. The van der Waals surface area contributed by atoms with Crippen LogP contribution in [-0.2, 0) is 19.1 Å². The molecule has 2 N–H and O–H groups in total. The van der Waals surface area contributed by atoms with E-state index in [0.717, 1.165) is 35.6 Å². The fourth-order valence-electron chi connectivity index (χ4n) is 4.41. The molecule has 38 heavy (non-hydrogen) atoms. The van der Waals surface area contributed by atoms with Gasteiger partial charge in [-0.15, -0.1) is 0 Å². The molecular weight excluding hydrogens is 549 g/mol. The molecule has 1 aliphatic heterocycles. The normalized spacial score (nSPS) is 16.9. The number of nitrogens with one attached hydrogen (secondary N) is 2. The number of allylic oxidation sites excluding steroid dienone is 1. The Balaban J connectivity index is 1.97. The minimum absolute atomic E-state index is 0.0804. The van der Waals surface area contributed by atoms with Crippen molar-refractivity contribution in [2.45, 2.75) is 33.6 Å². The summed E-state index contributed by atoms with van der Waals surface area (Å²) in [4.78, 5) is 38.5. The highest BCUT2D eigenvalue weighted by atomic mass is 35.5. The van der Waals surface area contributed by atoms with Crippen molar-refractivity contribution >= 4 is 58.4 Å². The number of nitriles is 1. The van der Waals surface area contributed by atoms with E-state index in [1.807, 2.05) is 32.9 Å². The first kappa shape index (κ1) is 29.4. The number of amides is 2. The van der Waals surface area contributed by atoms with E-state index in [1.165, 1.54) is 12.1 Å². The molecular formula is C27H27Cl2N3O5S. The Morgan fingerprint density at radius 2 is 1.74 bits per heavy atom. The van der Waals surface area contributed by atoms with Crippen molar-refractivity contribution in [2.24, 2.45) is 5.92 Å². The number of anilines is 1. The molecule has 0 radical (unpaired) electrons. The van der Waals surface area contributed by atoms with Crippen molar-refractivity contribution in [3.05, 3.63) is 67.2 Å². The molecule has 3 rings (SSSR count). The largest absolute Gasteiger partial charge is 0.491 e. The summed E-state index contributed by atoms with van der Waals surface area (Å²) < 4.78 is 10.3. The van der Waals surface area contributed by atoms with Gasteiger partial charge in [0, 0.05) is 11.6 Å². The quantitative estimate of drug-likeness (QED) is 0.318. The van der Waals surface area contributed by atoms with E-state index >= 15 is 0 Å². The molecule has 0 fully saturated rings. The summed E-state index contributed by atoms with van der Waals surface area (Å²) in [5, 5.41) is 16.1. The third-order valence-electron chi connectivity index (χ3n) is 5.94. The van der Waals surface area contributed by atoms with Gasteiger partial charge in [0.25, 0.3) is 0 Å². The van der Waals surface area contributed by atoms with Crippen LogP contribution in [-0.4, -0.2) is 37.3 Å². The standard InChI is InChI=1S/C27H27Cl2N3O5S/c1-6-37-24-18(28)9-16(10-19(24)29)21-17(11-30)26(32-25(34)22(21)27(35)36-5)38-12-20(33)31-23-14(3)7-13(2)8-15(23)4/h7-10,21-22H,6,12H2,1-5H3,(H,31,33)(H,32,34)/t21-,22+/m1/s1. The number of carbonyl (C=O) groups excluding carboxylic acids is 3. The Hall–Kier alpha value is -3.19. The van der Waals surface area contributed by atoms with Crippen molar-refractivity contribution < 1.29 is 23.9 Å². The van der Waals surface area contributed by atoms with Crippen molar-refractivity contribution in [2.75, 3.05) is 24.8 Å². The molecule has 8 nitrogen and oxygen atoms in total. The van der Waals surface area contributed by atoms with Crippen molar-refractivity contribution in [1.29, 1.82) is 5.26 Å². The number of halogens is 2. The Morgan fingerprint density at radius 3 is 2.26 bits per heavy atom. The van der Waals surface area contributed by atoms with Gasteiger partial charge >= 0.3 is 5.97 Å². The lowest BCUT2D eigenvalue weighted by molar-refractivity contribution is -0.150. The Morgan fingerprint density at radius 1 is 1.13 bits per heavy atom. The zero-order valence-corrected chi connectivity index (χ0v) is 23.9. The summed E-state index contributed by atoms with van der Waals surface area (Å²) >= 11 is 13.8. The number of methoxy groups -OCH3 is 1. The Bertz CT molecular complexity index is 1320. The van der Waals surface area contributed by atoms with Crippen LogP contribution in [0.25, 0.3) is 0 Å². The second kappa shape index (κ2) is 12.6. The zero-order valence-electron chi connectivity index (χ0n) is 21.5. The van der Waals surface area contributed by atoms with Crippen LogP contribution in [0.1, 0.15) is 35.1 Å². The van der Waals surface area contributed by atoms with Crippen molar-refractivity contribution in [3.63, 3.8) is 0 Å². The topological polar surface area (TPSA) is 118 Å². The van der Waals surface area contributed by atoms with E-state index < -0.39 is 23.7 Å². The summed E-state index contributed by atoms with van der Waals surface area (Å²) in [6.07, 6.45) is 0. The monoisotopic (exact) mass is 575 g/mol. The van der Waals surface area contributed by atoms with E-state index in [-0.39, 0.29) is 38.1 Å². The fraction of sp³-hybridized carbons (Fsp3) is 0.333. The number of rotatable bonds is 8. The number of nitrogens with zero attached hydrogens (tertiary/aromatic N) is 1. The van der Waals surface area contributed by atoms with Gasteiger partial charge in [-0.3, -0.25) is 14.4 Å². The number of hydrogen-bond donors (Lipinski definition) is 2. The number of benzene rings is 2. The molecule has 11 heteroatoms. The molecule has 0 bridgehead atoms. The molecule has 2 atom stereocenters. The van der Waals surface area contributed by atoms with E-state index in [1.54, 1.807) is 6.92 Å². The molecule has 2 aromatic carbocycles. The Labute approximate surface area is 235 Å². The minimum Gasteiger partial charge on any atom is -0.491 e. The third kappa shape index (κ3) is 6.26. The van der Waals surface area contributed by atoms with E-state index in [4.69, 9.17) is 32.7 Å². The van der Waals surface area contributed by atoms with E-state index in [9.17, 15) is 19.6 Å². The van der Waals surface area contributed by atoms with Crippen LogP contribution < -0.4 is 15.4 Å². The van der Waals surface area contributed by atoms with Crippen LogP contribution in [0.4, 0.5) is 5.69 Å². The molecule has 0 saturated heterocycles. The second-order valence-electron chi connectivity index (χ2n) is 8.68. The van der Waals surface area contributed by atoms with Gasteiger partial charge in [-0.25, -0.2) is 0 Å². The summed E-state index contributed by atoms with van der Waals surface area (Å²) in [6, 6.07) is 9.05. The van der Waals surface area contributed by atoms with Gasteiger partial charge in [0.1, 0.15) is 5.92 Å². The fourth-order valence-corrected chi connectivity index (χ4v) is 5.87. The third-order valence-corrected chi connectivity index (χ3v) is 7.52. The van der Waals surface area contributed by atoms with Crippen LogP contribution in [0.5, 0.6) is 5.75 Å². The van der Waals surface area contributed by atoms with Gasteiger partial charge < -0.3 is 20.1 Å². The first-order valence-electron chi connectivity index (χ1n) is 11.7.